The van der Waals surface area contributed by atoms with Gasteiger partial charge >= 0.3 is 0 Å². The molecule has 0 bridgehead atoms. The Kier molecular flexibility index (Phi) is 8.87. The number of unbranched alkanes of at least 4 members (excludes halogenated alkanes) is 8. The summed E-state index contributed by atoms with van der Waals surface area (Å²) in [5.41, 5.74) is 7.37. The highest BCUT2D eigenvalue weighted by Crippen LogP contribution is 2.45. The second kappa shape index (κ2) is 12.1. The lowest BCUT2D eigenvalue weighted by Gasteiger charge is -2.04. The van der Waals surface area contributed by atoms with E-state index >= 15 is 0 Å². The van der Waals surface area contributed by atoms with Crippen molar-refractivity contribution in [3.05, 3.63) is 65.2 Å². The Labute approximate surface area is 183 Å². The molecule has 2 aromatic rings. The number of fused-ring (bicyclic) bond motifs is 3. The van der Waals surface area contributed by atoms with E-state index in [1.54, 1.807) is 0 Å². The molecule has 0 fully saturated rings. The van der Waals surface area contributed by atoms with E-state index in [2.05, 4.69) is 86.1 Å². The van der Waals surface area contributed by atoms with Crippen molar-refractivity contribution in [1.82, 2.24) is 0 Å². The fourth-order valence-electron chi connectivity index (χ4n) is 4.02. The lowest BCUT2D eigenvalue weighted by molar-refractivity contribution is 0.679. The molecular weight excluding hydrogens is 360 g/mol. The minimum atomic E-state index is 0.957. The summed E-state index contributed by atoms with van der Waals surface area (Å²) >= 11 is 0. The van der Waals surface area contributed by atoms with Crippen LogP contribution in [0, 0.1) is 23.7 Å². The average molecular weight is 395 g/mol. The number of rotatable bonds is 8. The molecule has 0 aliphatic heterocycles. The summed E-state index contributed by atoms with van der Waals surface area (Å²) in [5.74, 6) is 13.8. The van der Waals surface area contributed by atoms with E-state index in [1.165, 1.54) is 79.2 Å². The van der Waals surface area contributed by atoms with Gasteiger partial charge in [-0.3, -0.25) is 0 Å². The van der Waals surface area contributed by atoms with Crippen molar-refractivity contribution in [2.24, 2.45) is 0 Å². The van der Waals surface area contributed by atoms with Crippen molar-refractivity contribution in [2.45, 2.75) is 78.1 Å². The maximum absolute atomic E-state index is 3.48. The molecule has 0 saturated heterocycles. The molecular formula is C30H34. The van der Waals surface area contributed by atoms with Gasteiger partial charge in [-0.2, -0.15) is 0 Å². The molecule has 0 nitrogen and oxygen atoms in total. The van der Waals surface area contributed by atoms with Crippen molar-refractivity contribution in [3.63, 3.8) is 0 Å². The van der Waals surface area contributed by atoms with Gasteiger partial charge in [0, 0.05) is 18.4 Å². The van der Waals surface area contributed by atoms with Crippen LogP contribution in [0.3, 0.4) is 0 Å². The maximum atomic E-state index is 3.48. The number of hydrogen-bond donors (Lipinski definition) is 0. The van der Waals surface area contributed by atoms with Crippen LogP contribution in [0.15, 0.2) is 54.1 Å². The Hall–Kier alpha value is -2.70. The fourth-order valence-corrected chi connectivity index (χ4v) is 4.02. The fraction of sp³-hybridized carbons (Fsp3) is 0.400. The third-order valence-corrected chi connectivity index (χ3v) is 5.67. The van der Waals surface area contributed by atoms with Gasteiger partial charge in [-0.05, 0) is 35.1 Å². The van der Waals surface area contributed by atoms with Crippen LogP contribution >= 0.6 is 0 Å². The predicted octanol–water partition coefficient (Wildman–Crippen LogP) is 8.42. The second-order valence-corrected chi connectivity index (χ2v) is 8.07. The van der Waals surface area contributed by atoms with Gasteiger partial charge in [0.25, 0.3) is 0 Å². The molecule has 0 heteroatoms. The van der Waals surface area contributed by atoms with E-state index in [0.717, 1.165) is 18.4 Å². The largest absolute Gasteiger partial charge is 0.0972 e. The van der Waals surface area contributed by atoms with Gasteiger partial charge in [0.1, 0.15) is 0 Å². The van der Waals surface area contributed by atoms with E-state index in [0.29, 0.717) is 0 Å². The van der Waals surface area contributed by atoms with E-state index < -0.39 is 0 Å². The van der Waals surface area contributed by atoms with Gasteiger partial charge in [0.2, 0.25) is 0 Å². The standard InChI is InChI=1S/C30H34/c1-3-5-7-9-11-13-19-25(20-14-12-10-8-6-4-2)30-28-23-17-15-21-26(28)27-22-16-18-24-29(27)30/h15-18,21-24H,3-12H2,1-2H3. The zero-order valence-electron chi connectivity index (χ0n) is 18.7. The van der Waals surface area contributed by atoms with Crippen molar-refractivity contribution in [1.29, 1.82) is 0 Å². The number of hydrogen-bond acceptors (Lipinski definition) is 0. The molecule has 0 spiro atoms. The lowest BCUT2D eigenvalue weighted by Crippen LogP contribution is -1.88. The van der Waals surface area contributed by atoms with E-state index in [4.69, 9.17) is 0 Å². The Morgan fingerprint density at radius 3 is 1.43 bits per heavy atom. The molecule has 0 unspecified atom stereocenters. The maximum Gasteiger partial charge on any atom is 0.0828 e. The van der Waals surface area contributed by atoms with E-state index in [1.807, 2.05) is 0 Å². The third kappa shape index (κ3) is 5.68. The molecule has 3 rings (SSSR count). The lowest BCUT2D eigenvalue weighted by atomic mass is 9.98. The van der Waals surface area contributed by atoms with Crippen LogP contribution in [-0.2, 0) is 0 Å². The Balaban J connectivity index is 1.93. The first kappa shape index (κ1) is 22.0. The van der Waals surface area contributed by atoms with Crippen LogP contribution in [0.25, 0.3) is 16.7 Å². The molecule has 0 atom stereocenters. The summed E-state index contributed by atoms with van der Waals surface area (Å²) in [5, 5.41) is 0. The summed E-state index contributed by atoms with van der Waals surface area (Å²) < 4.78 is 0. The molecule has 0 saturated carbocycles. The van der Waals surface area contributed by atoms with Gasteiger partial charge < -0.3 is 0 Å². The first-order valence-corrected chi connectivity index (χ1v) is 11.8. The van der Waals surface area contributed by atoms with Crippen molar-refractivity contribution < 1.29 is 0 Å². The highest BCUT2D eigenvalue weighted by molar-refractivity contribution is 6.04. The smallest absolute Gasteiger partial charge is 0.0828 e. The molecule has 1 aliphatic carbocycles. The molecule has 0 amide bonds. The van der Waals surface area contributed by atoms with Crippen LogP contribution in [0.2, 0.25) is 0 Å². The molecule has 0 heterocycles. The monoisotopic (exact) mass is 394 g/mol. The first-order chi connectivity index (χ1) is 14.9. The number of allylic oxidation sites excluding steroid dienone is 1. The topological polar surface area (TPSA) is 0 Å². The molecule has 0 radical (unpaired) electrons. The molecule has 30 heavy (non-hydrogen) atoms. The minimum Gasteiger partial charge on any atom is -0.0972 e. The molecule has 0 N–H and O–H groups in total. The normalized spacial score (nSPS) is 11.1. The van der Waals surface area contributed by atoms with Crippen molar-refractivity contribution in [3.8, 4) is 34.8 Å². The van der Waals surface area contributed by atoms with Crippen molar-refractivity contribution >= 4 is 5.57 Å². The molecule has 154 valence electrons. The summed E-state index contributed by atoms with van der Waals surface area (Å²) in [6.07, 6.45) is 11.9. The Morgan fingerprint density at radius 2 is 1.00 bits per heavy atom. The Morgan fingerprint density at radius 1 is 0.567 bits per heavy atom. The van der Waals surface area contributed by atoms with Gasteiger partial charge in [-0.15, -0.1) is 0 Å². The first-order valence-electron chi connectivity index (χ1n) is 11.8. The zero-order valence-corrected chi connectivity index (χ0v) is 18.7. The molecule has 2 aromatic carbocycles. The highest BCUT2D eigenvalue weighted by Gasteiger charge is 2.24. The summed E-state index contributed by atoms with van der Waals surface area (Å²) in [6.45, 7) is 4.50. The predicted molar refractivity (Wildman–Crippen MR) is 131 cm³/mol. The second-order valence-electron chi connectivity index (χ2n) is 8.07. The number of benzene rings is 2. The van der Waals surface area contributed by atoms with Crippen LogP contribution < -0.4 is 0 Å². The van der Waals surface area contributed by atoms with Gasteiger partial charge in [0.15, 0.2) is 0 Å². The summed E-state index contributed by atoms with van der Waals surface area (Å²) in [6, 6.07) is 17.4. The Bertz CT molecular complexity index is 902. The van der Waals surface area contributed by atoms with E-state index in [-0.39, 0.29) is 0 Å². The van der Waals surface area contributed by atoms with Gasteiger partial charge in [0.05, 0.1) is 5.57 Å². The summed E-state index contributed by atoms with van der Waals surface area (Å²) in [7, 11) is 0. The SMILES string of the molecule is CCCCCCC#CC(C#CCCCCCC)=C1c2ccccc2-c2ccccc21. The van der Waals surface area contributed by atoms with Crippen molar-refractivity contribution in [2.75, 3.05) is 0 Å². The zero-order chi connectivity index (χ0) is 21.0. The van der Waals surface area contributed by atoms with Crippen LogP contribution in [0.5, 0.6) is 0 Å². The quantitative estimate of drug-likeness (QED) is 0.266. The third-order valence-electron chi connectivity index (χ3n) is 5.67. The molecule has 0 aromatic heterocycles. The molecule has 1 aliphatic rings. The van der Waals surface area contributed by atoms with Crippen LogP contribution in [-0.4, -0.2) is 0 Å². The van der Waals surface area contributed by atoms with Crippen LogP contribution in [0.4, 0.5) is 0 Å². The van der Waals surface area contributed by atoms with E-state index in [9.17, 15) is 0 Å². The minimum absolute atomic E-state index is 0.957. The van der Waals surface area contributed by atoms with Gasteiger partial charge in [-0.25, -0.2) is 0 Å². The highest BCUT2D eigenvalue weighted by atomic mass is 14.3. The van der Waals surface area contributed by atoms with Gasteiger partial charge in [-0.1, -0.05) is 125 Å². The van der Waals surface area contributed by atoms with Crippen LogP contribution in [0.1, 0.15) is 89.2 Å². The average Bonchev–Trinajstić information content (AvgIpc) is 3.11. The summed E-state index contributed by atoms with van der Waals surface area (Å²) in [4.78, 5) is 0.